The summed E-state index contributed by atoms with van der Waals surface area (Å²) in [6.07, 6.45) is 3.52. The Hall–Kier alpha value is -2.09. The van der Waals surface area contributed by atoms with E-state index in [0.29, 0.717) is 18.5 Å². The molecule has 1 N–H and O–H groups in total. The van der Waals surface area contributed by atoms with Crippen LogP contribution in [0, 0.1) is 11.3 Å². The summed E-state index contributed by atoms with van der Waals surface area (Å²) in [7, 11) is 1.76. The molecule has 0 spiro atoms. The van der Waals surface area contributed by atoms with Gasteiger partial charge in [0.2, 0.25) is 0 Å². The molecule has 0 saturated heterocycles. The summed E-state index contributed by atoms with van der Waals surface area (Å²) in [6.45, 7) is 4.31. The molecule has 1 rings (SSSR count). The lowest BCUT2D eigenvalue weighted by molar-refractivity contribution is 0.0711. The van der Waals surface area contributed by atoms with Gasteiger partial charge in [-0.2, -0.15) is 5.26 Å². The van der Waals surface area contributed by atoms with Crippen LogP contribution < -0.4 is 5.32 Å². The zero-order valence-electron chi connectivity index (χ0n) is 11.0. The number of rotatable bonds is 5. The topological polar surface area (TPSA) is 69.0 Å². The zero-order chi connectivity index (χ0) is 13.5. The molecule has 0 saturated carbocycles. The maximum Gasteiger partial charge on any atom is 0.257 e. The van der Waals surface area contributed by atoms with Crippen molar-refractivity contribution in [1.29, 1.82) is 5.26 Å². The molecule has 0 aliphatic carbocycles. The van der Waals surface area contributed by atoms with E-state index in [0.717, 1.165) is 5.69 Å². The van der Waals surface area contributed by atoms with Crippen molar-refractivity contribution in [2.45, 2.75) is 26.3 Å². The summed E-state index contributed by atoms with van der Waals surface area (Å²) in [4.78, 5) is 18.1. The van der Waals surface area contributed by atoms with Crippen LogP contribution in [-0.4, -0.2) is 35.4 Å². The van der Waals surface area contributed by atoms with Gasteiger partial charge in [-0.15, -0.1) is 0 Å². The molecule has 0 unspecified atom stereocenters. The summed E-state index contributed by atoms with van der Waals surface area (Å²) in [5.74, 6) is -0.0994. The van der Waals surface area contributed by atoms with Crippen LogP contribution in [-0.2, 0) is 0 Å². The van der Waals surface area contributed by atoms with Crippen LogP contribution in [0.25, 0.3) is 0 Å². The van der Waals surface area contributed by atoms with Gasteiger partial charge >= 0.3 is 0 Å². The van der Waals surface area contributed by atoms with Crippen LogP contribution in [0.15, 0.2) is 18.5 Å². The number of carbonyl (C=O) groups is 1. The van der Waals surface area contributed by atoms with E-state index < -0.39 is 0 Å². The molecule has 1 aromatic rings. The highest BCUT2D eigenvalue weighted by Crippen LogP contribution is 2.16. The van der Waals surface area contributed by atoms with Crippen LogP contribution in [0.4, 0.5) is 5.69 Å². The summed E-state index contributed by atoms with van der Waals surface area (Å²) < 4.78 is 0. The second-order valence-corrected chi connectivity index (χ2v) is 4.17. The van der Waals surface area contributed by atoms with E-state index in [2.05, 4.69) is 16.4 Å². The molecule has 18 heavy (non-hydrogen) atoms. The molecule has 1 amide bonds. The standard InChI is InChI=1S/C13H18N4O/c1-10(2)17(8-4-6-14)13(18)11-9-16-7-5-12(11)15-3/h5,7,9-10H,4,8H2,1-3H3,(H,15,16). The number of nitrogens with one attached hydrogen (secondary N) is 1. The number of nitrogens with zero attached hydrogens (tertiary/aromatic N) is 3. The van der Waals surface area contributed by atoms with E-state index in [1.807, 2.05) is 13.8 Å². The summed E-state index contributed by atoms with van der Waals surface area (Å²) >= 11 is 0. The van der Waals surface area contributed by atoms with Gasteiger partial charge in [0, 0.05) is 37.7 Å². The van der Waals surface area contributed by atoms with Crippen LogP contribution in [0.2, 0.25) is 0 Å². The molecule has 1 aromatic heterocycles. The Bertz CT molecular complexity index is 451. The van der Waals surface area contributed by atoms with Gasteiger partial charge in [0.1, 0.15) is 0 Å². The molecule has 0 bridgehead atoms. The number of aromatic nitrogens is 1. The normalized spacial score (nSPS) is 9.94. The Labute approximate surface area is 107 Å². The van der Waals surface area contributed by atoms with Gasteiger partial charge in [0.15, 0.2) is 0 Å². The van der Waals surface area contributed by atoms with E-state index in [4.69, 9.17) is 5.26 Å². The van der Waals surface area contributed by atoms with Crippen molar-refractivity contribution in [3.8, 4) is 6.07 Å². The summed E-state index contributed by atoms with van der Waals surface area (Å²) in [6, 6.07) is 3.87. The number of anilines is 1. The number of nitriles is 1. The van der Waals surface area contributed by atoms with Gasteiger partial charge in [-0.25, -0.2) is 0 Å². The van der Waals surface area contributed by atoms with Gasteiger partial charge in [0.05, 0.1) is 18.1 Å². The third kappa shape index (κ3) is 3.20. The lowest BCUT2D eigenvalue weighted by atomic mass is 10.1. The highest BCUT2D eigenvalue weighted by Gasteiger charge is 2.20. The average Bonchev–Trinajstić information content (AvgIpc) is 2.38. The fourth-order valence-corrected chi connectivity index (χ4v) is 1.70. The lowest BCUT2D eigenvalue weighted by Crippen LogP contribution is -2.38. The Morgan fingerprint density at radius 2 is 2.33 bits per heavy atom. The molecular formula is C13H18N4O. The van der Waals surface area contributed by atoms with Crippen LogP contribution >= 0.6 is 0 Å². The minimum absolute atomic E-state index is 0.0516. The van der Waals surface area contributed by atoms with Crippen molar-refractivity contribution in [2.24, 2.45) is 0 Å². The van der Waals surface area contributed by atoms with E-state index >= 15 is 0 Å². The van der Waals surface area contributed by atoms with E-state index in [-0.39, 0.29) is 11.9 Å². The highest BCUT2D eigenvalue weighted by molar-refractivity contribution is 5.99. The first-order valence-corrected chi connectivity index (χ1v) is 5.91. The van der Waals surface area contributed by atoms with Crippen LogP contribution in [0.5, 0.6) is 0 Å². The maximum atomic E-state index is 12.4. The van der Waals surface area contributed by atoms with Crippen molar-refractivity contribution in [1.82, 2.24) is 9.88 Å². The minimum atomic E-state index is -0.0994. The van der Waals surface area contributed by atoms with Crippen molar-refractivity contribution >= 4 is 11.6 Å². The molecule has 5 heteroatoms. The van der Waals surface area contributed by atoms with Crippen molar-refractivity contribution in [3.63, 3.8) is 0 Å². The Kier molecular flexibility index (Phi) is 5.12. The third-order valence-electron chi connectivity index (χ3n) is 2.67. The molecular weight excluding hydrogens is 228 g/mol. The molecule has 96 valence electrons. The highest BCUT2D eigenvalue weighted by atomic mass is 16.2. The first-order chi connectivity index (χ1) is 8.61. The van der Waals surface area contributed by atoms with Gasteiger partial charge in [-0.3, -0.25) is 9.78 Å². The van der Waals surface area contributed by atoms with Crippen LogP contribution in [0.1, 0.15) is 30.6 Å². The quantitative estimate of drug-likeness (QED) is 0.861. The molecule has 0 aliphatic heterocycles. The first-order valence-electron chi connectivity index (χ1n) is 5.91. The molecule has 0 aromatic carbocycles. The third-order valence-corrected chi connectivity index (χ3v) is 2.67. The van der Waals surface area contributed by atoms with Gasteiger partial charge in [0.25, 0.3) is 5.91 Å². The minimum Gasteiger partial charge on any atom is -0.387 e. The fourth-order valence-electron chi connectivity index (χ4n) is 1.70. The zero-order valence-corrected chi connectivity index (χ0v) is 11.0. The average molecular weight is 246 g/mol. The van der Waals surface area contributed by atoms with Gasteiger partial charge in [-0.1, -0.05) is 0 Å². The van der Waals surface area contributed by atoms with Gasteiger partial charge < -0.3 is 10.2 Å². The van der Waals surface area contributed by atoms with Gasteiger partial charge in [-0.05, 0) is 19.9 Å². The fraction of sp³-hybridized carbons (Fsp3) is 0.462. The predicted molar refractivity (Wildman–Crippen MR) is 70.2 cm³/mol. The molecule has 0 radical (unpaired) electrons. The second kappa shape index (κ2) is 6.60. The molecule has 0 fully saturated rings. The Balaban J connectivity index is 2.99. The van der Waals surface area contributed by atoms with Crippen molar-refractivity contribution < 1.29 is 4.79 Å². The number of hydrogen-bond acceptors (Lipinski definition) is 4. The maximum absolute atomic E-state index is 12.4. The number of hydrogen-bond donors (Lipinski definition) is 1. The van der Waals surface area contributed by atoms with Crippen molar-refractivity contribution in [3.05, 3.63) is 24.0 Å². The summed E-state index contributed by atoms with van der Waals surface area (Å²) in [5, 5.41) is 11.6. The number of amides is 1. The SMILES string of the molecule is CNc1ccncc1C(=O)N(CCC#N)C(C)C. The van der Waals surface area contributed by atoms with E-state index in [1.165, 1.54) is 0 Å². The number of pyridine rings is 1. The molecule has 0 aliphatic rings. The molecule has 0 atom stereocenters. The van der Waals surface area contributed by atoms with E-state index in [1.54, 1.807) is 30.4 Å². The number of carbonyl (C=O) groups excluding carboxylic acids is 1. The Morgan fingerprint density at radius 1 is 1.61 bits per heavy atom. The molecule has 5 nitrogen and oxygen atoms in total. The predicted octanol–water partition coefficient (Wildman–Crippen LogP) is 1.89. The Morgan fingerprint density at radius 3 is 2.89 bits per heavy atom. The monoisotopic (exact) mass is 246 g/mol. The van der Waals surface area contributed by atoms with Crippen LogP contribution in [0.3, 0.4) is 0 Å². The lowest BCUT2D eigenvalue weighted by Gasteiger charge is -2.26. The summed E-state index contributed by atoms with van der Waals surface area (Å²) in [5.41, 5.74) is 1.28. The largest absolute Gasteiger partial charge is 0.387 e. The van der Waals surface area contributed by atoms with Crippen molar-refractivity contribution in [2.75, 3.05) is 18.9 Å². The van der Waals surface area contributed by atoms with E-state index in [9.17, 15) is 4.79 Å². The molecule has 1 heterocycles. The second-order valence-electron chi connectivity index (χ2n) is 4.17. The smallest absolute Gasteiger partial charge is 0.257 e. The first kappa shape index (κ1) is 14.0.